The first-order valence-electron chi connectivity index (χ1n) is 11.2. The standard InChI is InChI=1S/C24H34F3N3O/c1-5-8-18(19(6-2)24(25,26)27)20-28-29-21(30(20)4)23-14-11-22(12-15-23,13-16-23)10-7-9-17(3)31/h5-6,8,17,31H,2,7,9-16H2,1,3-4H3/b8-5-,19-18-. The molecule has 0 amide bonds. The van der Waals surface area contributed by atoms with Gasteiger partial charge in [0.2, 0.25) is 0 Å². The first-order valence-corrected chi connectivity index (χ1v) is 11.2. The van der Waals surface area contributed by atoms with Crippen molar-refractivity contribution in [2.45, 2.75) is 89.3 Å². The predicted octanol–water partition coefficient (Wildman–Crippen LogP) is 6.04. The van der Waals surface area contributed by atoms with Gasteiger partial charge >= 0.3 is 6.18 Å². The Morgan fingerprint density at radius 1 is 1.19 bits per heavy atom. The summed E-state index contributed by atoms with van der Waals surface area (Å²) in [6.07, 6.45) is 8.41. The fourth-order valence-corrected chi connectivity index (χ4v) is 5.60. The van der Waals surface area contributed by atoms with Gasteiger partial charge in [-0.2, -0.15) is 13.2 Å². The van der Waals surface area contributed by atoms with Crippen molar-refractivity contribution in [3.63, 3.8) is 0 Å². The van der Waals surface area contributed by atoms with Gasteiger partial charge in [0.15, 0.2) is 5.82 Å². The molecule has 0 saturated heterocycles. The summed E-state index contributed by atoms with van der Waals surface area (Å²) in [7, 11) is 1.78. The van der Waals surface area contributed by atoms with Crippen LogP contribution in [0.25, 0.3) is 5.57 Å². The van der Waals surface area contributed by atoms with E-state index in [9.17, 15) is 18.3 Å². The van der Waals surface area contributed by atoms with Crippen LogP contribution in [-0.2, 0) is 12.5 Å². The third-order valence-electron chi connectivity index (χ3n) is 7.45. The number of alkyl halides is 3. The molecule has 0 aromatic carbocycles. The molecule has 7 heteroatoms. The van der Waals surface area contributed by atoms with Crippen LogP contribution in [0.5, 0.6) is 0 Å². The van der Waals surface area contributed by atoms with E-state index in [1.54, 1.807) is 24.6 Å². The van der Waals surface area contributed by atoms with Crippen molar-refractivity contribution in [3.05, 3.63) is 42.0 Å². The van der Waals surface area contributed by atoms with Crippen LogP contribution in [0.2, 0.25) is 0 Å². The summed E-state index contributed by atoms with van der Waals surface area (Å²) in [5.74, 6) is 1.03. The first-order chi connectivity index (χ1) is 14.6. The van der Waals surface area contributed by atoms with Gasteiger partial charge in [-0.1, -0.05) is 31.2 Å². The maximum atomic E-state index is 13.6. The Morgan fingerprint density at radius 3 is 2.29 bits per heavy atom. The number of aromatic nitrogens is 3. The van der Waals surface area contributed by atoms with Gasteiger partial charge < -0.3 is 9.67 Å². The lowest BCUT2D eigenvalue weighted by Gasteiger charge is -2.53. The van der Waals surface area contributed by atoms with Gasteiger partial charge in [0.25, 0.3) is 0 Å². The molecule has 3 saturated carbocycles. The molecule has 1 atom stereocenters. The van der Waals surface area contributed by atoms with Crippen LogP contribution in [0, 0.1) is 5.41 Å². The molecule has 0 aliphatic heterocycles. The highest BCUT2D eigenvalue weighted by Gasteiger charge is 2.51. The number of nitrogens with zero attached hydrogens (tertiary/aromatic N) is 3. The van der Waals surface area contributed by atoms with Crippen molar-refractivity contribution in [1.82, 2.24) is 14.8 Å². The van der Waals surface area contributed by atoms with Crippen LogP contribution in [0.1, 0.15) is 83.3 Å². The van der Waals surface area contributed by atoms with E-state index in [1.807, 2.05) is 6.92 Å². The SMILES string of the molecule is C=C/C(=C(\C=C/C)c1nnc(C23CCC(CCCC(C)O)(CC2)CC3)n1C)C(F)(F)F. The van der Waals surface area contributed by atoms with Crippen LogP contribution in [0.4, 0.5) is 13.2 Å². The molecule has 31 heavy (non-hydrogen) atoms. The molecule has 172 valence electrons. The van der Waals surface area contributed by atoms with E-state index in [0.717, 1.165) is 69.7 Å². The van der Waals surface area contributed by atoms with Gasteiger partial charge in [0.05, 0.1) is 11.7 Å². The van der Waals surface area contributed by atoms with Crippen molar-refractivity contribution in [1.29, 1.82) is 0 Å². The van der Waals surface area contributed by atoms with Crippen LogP contribution in [0.3, 0.4) is 0 Å². The minimum atomic E-state index is -4.51. The van der Waals surface area contributed by atoms with Crippen molar-refractivity contribution in [2.24, 2.45) is 12.5 Å². The second-order valence-electron chi connectivity index (χ2n) is 9.46. The summed E-state index contributed by atoms with van der Waals surface area (Å²) >= 11 is 0. The van der Waals surface area contributed by atoms with E-state index >= 15 is 0 Å². The summed E-state index contributed by atoms with van der Waals surface area (Å²) < 4.78 is 42.5. The molecular formula is C24H34F3N3O. The summed E-state index contributed by atoms with van der Waals surface area (Å²) in [6, 6.07) is 0. The molecule has 1 heterocycles. The predicted molar refractivity (Wildman–Crippen MR) is 116 cm³/mol. The second kappa shape index (κ2) is 8.93. The lowest BCUT2D eigenvalue weighted by molar-refractivity contribution is -0.0875. The highest BCUT2D eigenvalue weighted by Crippen LogP contribution is 2.59. The number of rotatable bonds is 8. The Bertz CT molecular complexity index is 839. The van der Waals surface area contributed by atoms with E-state index in [4.69, 9.17) is 0 Å². The zero-order chi connectivity index (χ0) is 22.9. The molecule has 1 aromatic rings. The lowest BCUT2D eigenvalue weighted by Crippen LogP contribution is -2.45. The number of halogens is 3. The number of hydrogen-bond donors (Lipinski definition) is 1. The van der Waals surface area contributed by atoms with Gasteiger partial charge in [-0.15, -0.1) is 10.2 Å². The summed E-state index contributed by atoms with van der Waals surface area (Å²) in [4.78, 5) is 0. The maximum Gasteiger partial charge on any atom is 0.417 e. The molecule has 3 aliphatic rings. The first kappa shape index (κ1) is 23.8. The number of fused-ring (bicyclic) bond motifs is 3. The lowest BCUT2D eigenvalue weighted by atomic mass is 9.52. The van der Waals surface area contributed by atoms with Crippen molar-refractivity contribution in [2.75, 3.05) is 0 Å². The number of allylic oxidation sites excluding steroid dienone is 5. The third kappa shape index (κ3) is 4.66. The van der Waals surface area contributed by atoms with Crippen molar-refractivity contribution < 1.29 is 18.3 Å². The molecule has 1 aromatic heterocycles. The molecule has 4 nitrogen and oxygen atoms in total. The average molecular weight is 438 g/mol. The minimum absolute atomic E-state index is 0.00161. The molecule has 4 rings (SSSR count). The fourth-order valence-electron chi connectivity index (χ4n) is 5.60. The van der Waals surface area contributed by atoms with Crippen LogP contribution in [-0.4, -0.2) is 32.2 Å². The van der Waals surface area contributed by atoms with Gasteiger partial charge in [0.1, 0.15) is 5.82 Å². The normalized spacial score (nSPS) is 28.1. The maximum absolute atomic E-state index is 13.6. The van der Waals surface area contributed by atoms with Gasteiger partial charge in [-0.3, -0.25) is 0 Å². The zero-order valence-corrected chi connectivity index (χ0v) is 18.8. The smallest absolute Gasteiger partial charge is 0.393 e. The van der Waals surface area contributed by atoms with E-state index < -0.39 is 11.7 Å². The Labute approximate surface area is 182 Å². The number of hydrogen-bond acceptors (Lipinski definition) is 3. The third-order valence-corrected chi connectivity index (χ3v) is 7.45. The quantitative estimate of drug-likeness (QED) is 0.505. The molecule has 0 radical (unpaired) electrons. The van der Waals surface area contributed by atoms with E-state index in [-0.39, 0.29) is 22.9 Å². The van der Waals surface area contributed by atoms with Gasteiger partial charge in [0, 0.05) is 18.0 Å². The average Bonchev–Trinajstić information content (AvgIpc) is 3.10. The zero-order valence-electron chi connectivity index (χ0n) is 18.8. The molecule has 1 N–H and O–H groups in total. The van der Waals surface area contributed by atoms with Gasteiger partial charge in [-0.25, -0.2) is 0 Å². The number of aliphatic hydroxyl groups excluding tert-OH is 1. The van der Waals surface area contributed by atoms with Crippen molar-refractivity contribution in [3.8, 4) is 0 Å². The molecule has 3 aliphatic carbocycles. The fraction of sp³-hybridized carbons (Fsp3) is 0.667. The molecule has 0 spiro atoms. The Morgan fingerprint density at radius 2 is 1.81 bits per heavy atom. The van der Waals surface area contributed by atoms with E-state index in [0.29, 0.717) is 5.41 Å². The summed E-state index contributed by atoms with van der Waals surface area (Å²) in [5.41, 5.74) is -0.559. The Hall–Kier alpha value is -1.89. The van der Waals surface area contributed by atoms with Crippen LogP contribution >= 0.6 is 0 Å². The summed E-state index contributed by atoms with van der Waals surface area (Å²) in [6.45, 7) is 6.90. The highest BCUT2D eigenvalue weighted by molar-refractivity contribution is 5.75. The Kier molecular flexibility index (Phi) is 6.84. The summed E-state index contributed by atoms with van der Waals surface area (Å²) in [5, 5.41) is 18.2. The Balaban J connectivity index is 1.88. The van der Waals surface area contributed by atoms with Crippen LogP contribution < -0.4 is 0 Å². The largest absolute Gasteiger partial charge is 0.417 e. The molecular weight excluding hydrogens is 403 g/mol. The topological polar surface area (TPSA) is 50.9 Å². The van der Waals surface area contributed by atoms with E-state index in [1.165, 1.54) is 6.08 Å². The molecule has 2 bridgehead atoms. The van der Waals surface area contributed by atoms with E-state index in [2.05, 4.69) is 16.8 Å². The van der Waals surface area contributed by atoms with Gasteiger partial charge in [-0.05, 0) is 70.6 Å². The second-order valence-corrected chi connectivity index (χ2v) is 9.46. The van der Waals surface area contributed by atoms with Crippen LogP contribution in [0.15, 0.2) is 30.4 Å². The monoisotopic (exact) mass is 437 g/mol. The minimum Gasteiger partial charge on any atom is -0.393 e. The molecule has 3 fully saturated rings. The highest BCUT2D eigenvalue weighted by atomic mass is 19.4. The van der Waals surface area contributed by atoms with Crippen molar-refractivity contribution >= 4 is 5.57 Å². The molecule has 1 unspecified atom stereocenters. The number of aliphatic hydroxyl groups is 1.